The van der Waals surface area contributed by atoms with Crippen LogP contribution in [-0.2, 0) is 9.59 Å². The molecule has 2 unspecified atom stereocenters. The van der Waals surface area contributed by atoms with Crippen molar-refractivity contribution in [2.45, 2.75) is 25.8 Å². The Hall–Kier alpha value is -2.31. The number of piperidine rings is 1. The Morgan fingerprint density at radius 1 is 1.25 bits per heavy atom. The summed E-state index contributed by atoms with van der Waals surface area (Å²) in [6.07, 6.45) is 1.77. The lowest BCUT2D eigenvalue weighted by atomic mass is 9.92. The number of hydrogen-bond acceptors (Lipinski definition) is 5. The second-order valence-electron chi connectivity index (χ2n) is 6.83. The first kappa shape index (κ1) is 16.5. The van der Waals surface area contributed by atoms with E-state index in [1.807, 2.05) is 35.0 Å². The highest BCUT2D eigenvalue weighted by Gasteiger charge is 2.31. The Morgan fingerprint density at radius 3 is 2.71 bits per heavy atom. The summed E-state index contributed by atoms with van der Waals surface area (Å²) in [5, 5.41) is 0. The van der Waals surface area contributed by atoms with E-state index in [9.17, 15) is 9.59 Å². The van der Waals surface area contributed by atoms with Crippen molar-refractivity contribution in [1.29, 1.82) is 0 Å². The zero-order valence-electron chi connectivity index (χ0n) is 14.3. The first-order valence-corrected chi connectivity index (χ1v) is 8.47. The molecule has 2 N–H and O–H groups in total. The van der Waals surface area contributed by atoms with E-state index in [4.69, 9.17) is 10.7 Å². The zero-order chi connectivity index (χ0) is 17.3. The third-order valence-corrected chi connectivity index (χ3v) is 4.99. The number of nitrogens with zero attached hydrogens (tertiary/aromatic N) is 4. The van der Waals surface area contributed by atoms with Crippen LogP contribution < -0.4 is 15.5 Å². The summed E-state index contributed by atoms with van der Waals surface area (Å²) < 4.78 is 0. The van der Waals surface area contributed by atoms with Crippen molar-refractivity contribution in [1.82, 2.24) is 9.88 Å². The van der Waals surface area contributed by atoms with Crippen molar-refractivity contribution in [3.8, 4) is 0 Å². The predicted molar refractivity (Wildman–Crippen MR) is 92.8 cm³/mol. The molecule has 3 heterocycles. The summed E-state index contributed by atoms with van der Waals surface area (Å²) in [4.78, 5) is 34.2. The first-order chi connectivity index (χ1) is 11.5. The van der Waals surface area contributed by atoms with Gasteiger partial charge in [-0.15, -0.1) is 0 Å². The highest BCUT2D eigenvalue weighted by atomic mass is 16.2. The fraction of sp³-hybridized carbons (Fsp3) is 0.588. The van der Waals surface area contributed by atoms with Gasteiger partial charge in [0.05, 0.1) is 6.54 Å². The lowest BCUT2D eigenvalue weighted by Crippen LogP contribution is -2.50. The molecular weight excluding hydrogens is 306 g/mol. The van der Waals surface area contributed by atoms with Gasteiger partial charge in [-0.3, -0.25) is 9.59 Å². The molecule has 2 amide bonds. The van der Waals surface area contributed by atoms with Gasteiger partial charge in [0.2, 0.25) is 11.8 Å². The van der Waals surface area contributed by atoms with Crippen LogP contribution in [-0.4, -0.2) is 61.0 Å². The molecule has 3 rings (SSSR count). The van der Waals surface area contributed by atoms with Crippen molar-refractivity contribution in [2.75, 3.05) is 43.0 Å². The number of primary amides is 1. The summed E-state index contributed by atoms with van der Waals surface area (Å²) in [6.45, 7) is 4.70. The minimum absolute atomic E-state index is 0.0928. The summed E-state index contributed by atoms with van der Waals surface area (Å²) in [6, 6.07) is 5.43. The molecule has 0 radical (unpaired) electrons. The number of carbonyl (C=O) groups excluding carboxylic acids is 2. The topological polar surface area (TPSA) is 82.8 Å². The molecule has 130 valence electrons. The molecule has 2 saturated heterocycles. The number of hydrogen-bond donors (Lipinski definition) is 1. The highest BCUT2D eigenvalue weighted by Crippen LogP contribution is 2.28. The molecule has 2 aliphatic rings. The van der Waals surface area contributed by atoms with Crippen LogP contribution in [0, 0.1) is 5.92 Å². The largest absolute Gasteiger partial charge is 0.368 e. The molecule has 2 fully saturated rings. The molecule has 0 aromatic carbocycles. The highest BCUT2D eigenvalue weighted by molar-refractivity contribution is 5.84. The number of carbonyl (C=O) groups is 2. The van der Waals surface area contributed by atoms with Crippen LogP contribution in [0.25, 0.3) is 0 Å². The standard InChI is InChI=1S/C17H25N5O2/c1-12-6-7-22(13(10-12)17(18)24)15-5-3-4-14(19-15)21-9-8-20(2)16(23)11-21/h3-5,12-13H,6-11H2,1-2H3,(H2,18,24). The Morgan fingerprint density at radius 2 is 2.00 bits per heavy atom. The van der Waals surface area contributed by atoms with E-state index < -0.39 is 0 Å². The van der Waals surface area contributed by atoms with Crippen LogP contribution in [0.1, 0.15) is 19.8 Å². The van der Waals surface area contributed by atoms with E-state index in [2.05, 4.69) is 6.92 Å². The van der Waals surface area contributed by atoms with Gasteiger partial charge in [-0.05, 0) is 30.9 Å². The Balaban J connectivity index is 1.82. The van der Waals surface area contributed by atoms with E-state index in [0.717, 1.165) is 37.6 Å². The smallest absolute Gasteiger partial charge is 0.241 e. The number of pyridine rings is 1. The third kappa shape index (κ3) is 3.29. The molecule has 1 aromatic heterocycles. The second kappa shape index (κ2) is 6.67. The van der Waals surface area contributed by atoms with E-state index in [-0.39, 0.29) is 17.9 Å². The van der Waals surface area contributed by atoms with Gasteiger partial charge in [0.25, 0.3) is 0 Å². The Kier molecular flexibility index (Phi) is 4.59. The van der Waals surface area contributed by atoms with Gasteiger partial charge < -0.3 is 20.4 Å². The van der Waals surface area contributed by atoms with Crippen molar-refractivity contribution >= 4 is 23.5 Å². The van der Waals surface area contributed by atoms with Crippen LogP contribution in [0.2, 0.25) is 0 Å². The van der Waals surface area contributed by atoms with E-state index in [0.29, 0.717) is 19.0 Å². The molecule has 0 bridgehead atoms. The maximum atomic E-state index is 11.9. The summed E-state index contributed by atoms with van der Waals surface area (Å²) in [5.41, 5.74) is 5.60. The van der Waals surface area contributed by atoms with Gasteiger partial charge >= 0.3 is 0 Å². The maximum Gasteiger partial charge on any atom is 0.241 e. The number of anilines is 2. The van der Waals surface area contributed by atoms with Gasteiger partial charge in [-0.25, -0.2) is 4.98 Å². The van der Waals surface area contributed by atoms with E-state index >= 15 is 0 Å². The van der Waals surface area contributed by atoms with Crippen LogP contribution >= 0.6 is 0 Å². The van der Waals surface area contributed by atoms with E-state index in [1.165, 1.54) is 0 Å². The second-order valence-corrected chi connectivity index (χ2v) is 6.83. The van der Waals surface area contributed by atoms with Crippen LogP contribution in [0.4, 0.5) is 11.6 Å². The van der Waals surface area contributed by atoms with Gasteiger partial charge in [0.1, 0.15) is 17.7 Å². The first-order valence-electron chi connectivity index (χ1n) is 8.47. The van der Waals surface area contributed by atoms with Crippen molar-refractivity contribution in [2.24, 2.45) is 11.7 Å². The zero-order valence-corrected chi connectivity index (χ0v) is 14.3. The average Bonchev–Trinajstić information content (AvgIpc) is 2.57. The van der Waals surface area contributed by atoms with Crippen LogP contribution in [0.5, 0.6) is 0 Å². The number of piperazine rings is 1. The fourth-order valence-corrected chi connectivity index (χ4v) is 3.39. The SMILES string of the molecule is CC1CCN(c2cccc(N3CCN(C)C(=O)C3)n2)C(C(N)=O)C1. The summed E-state index contributed by atoms with van der Waals surface area (Å²) in [7, 11) is 1.82. The Bertz CT molecular complexity index is 635. The molecule has 7 heteroatoms. The molecule has 7 nitrogen and oxygen atoms in total. The van der Waals surface area contributed by atoms with Gasteiger partial charge in [0, 0.05) is 26.7 Å². The molecule has 0 aliphatic carbocycles. The number of nitrogens with two attached hydrogens (primary N) is 1. The lowest BCUT2D eigenvalue weighted by Gasteiger charge is -2.38. The minimum atomic E-state index is -0.314. The normalized spacial score (nSPS) is 25.1. The van der Waals surface area contributed by atoms with Gasteiger partial charge in [-0.2, -0.15) is 0 Å². The van der Waals surface area contributed by atoms with E-state index in [1.54, 1.807) is 4.90 Å². The quantitative estimate of drug-likeness (QED) is 0.869. The van der Waals surface area contributed by atoms with Crippen molar-refractivity contribution in [3.05, 3.63) is 18.2 Å². The van der Waals surface area contributed by atoms with Crippen LogP contribution in [0.15, 0.2) is 18.2 Å². The fourth-order valence-electron chi connectivity index (χ4n) is 3.39. The number of amides is 2. The monoisotopic (exact) mass is 331 g/mol. The summed E-state index contributed by atoms with van der Waals surface area (Å²) >= 11 is 0. The van der Waals surface area contributed by atoms with Crippen molar-refractivity contribution < 1.29 is 9.59 Å². The molecule has 1 aromatic rings. The number of aromatic nitrogens is 1. The summed E-state index contributed by atoms with van der Waals surface area (Å²) in [5.74, 6) is 1.81. The third-order valence-electron chi connectivity index (χ3n) is 4.99. The molecule has 0 saturated carbocycles. The Labute approximate surface area is 142 Å². The predicted octanol–water partition coefficient (Wildman–Crippen LogP) is 0.450. The number of likely N-dealkylation sites (N-methyl/N-ethyl adjacent to an activating group) is 1. The molecule has 24 heavy (non-hydrogen) atoms. The van der Waals surface area contributed by atoms with Crippen molar-refractivity contribution in [3.63, 3.8) is 0 Å². The van der Waals surface area contributed by atoms with Gasteiger partial charge in [-0.1, -0.05) is 13.0 Å². The average molecular weight is 331 g/mol. The van der Waals surface area contributed by atoms with Crippen LogP contribution in [0.3, 0.4) is 0 Å². The number of rotatable bonds is 3. The molecular formula is C17H25N5O2. The molecule has 0 spiro atoms. The van der Waals surface area contributed by atoms with Gasteiger partial charge in [0.15, 0.2) is 0 Å². The lowest BCUT2D eigenvalue weighted by molar-refractivity contribution is -0.129. The molecule has 2 atom stereocenters. The molecule has 2 aliphatic heterocycles. The maximum absolute atomic E-state index is 11.9. The minimum Gasteiger partial charge on any atom is -0.368 e.